The summed E-state index contributed by atoms with van der Waals surface area (Å²) in [6, 6.07) is 44.2. The summed E-state index contributed by atoms with van der Waals surface area (Å²) in [4.78, 5) is 4.40. The lowest BCUT2D eigenvalue weighted by molar-refractivity contribution is 0.584. The van der Waals surface area contributed by atoms with Crippen LogP contribution < -0.4 is 10.9 Å². The van der Waals surface area contributed by atoms with Crippen molar-refractivity contribution >= 4 is 26.4 Å². The van der Waals surface area contributed by atoms with Crippen LogP contribution in [0, 0.1) is 0 Å². The number of rotatable bonds is 9. The molecule has 1 aromatic heterocycles. The molecule has 196 valence electrons. The van der Waals surface area contributed by atoms with E-state index in [4.69, 9.17) is 0 Å². The molecule has 1 unspecified atom stereocenters. The van der Waals surface area contributed by atoms with Crippen LogP contribution in [0.15, 0.2) is 152 Å². The molecule has 0 radical (unpaired) electrons. The maximum absolute atomic E-state index is 4.40. The van der Waals surface area contributed by atoms with Crippen LogP contribution in [0.2, 0.25) is 12.9 Å². The van der Waals surface area contributed by atoms with Crippen LogP contribution in [0.3, 0.4) is 0 Å². The Morgan fingerprint density at radius 2 is 1.18 bits per heavy atom. The lowest BCUT2D eigenvalue weighted by Crippen LogP contribution is -2.48. The Kier molecular flexibility index (Phi) is 10.3. The van der Waals surface area contributed by atoms with Gasteiger partial charge in [0.1, 0.15) is 8.80 Å². The third-order valence-corrected chi connectivity index (χ3v) is 11.2. The normalized spacial score (nSPS) is 12.0. The Morgan fingerprint density at radius 3 is 1.56 bits per heavy atom. The molecule has 1 atom stereocenters. The highest BCUT2D eigenvalue weighted by Gasteiger charge is 2.42. The monoisotopic (exact) mass is 526 g/mol. The number of imidazole rings is 1. The Bertz CT molecular complexity index is 1290. The fourth-order valence-electron chi connectivity index (χ4n) is 5.48. The first-order valence-corrected chi connectivity index (χ1v) is 16.1. The molecule has 5 aromatic rings. The molecule has 0 spiro atoms. The predicted octanol–water partition coefficient (Wildman–Crippen LogP) is 6.89. The highest BCUT2D eigenvalue weighted by molar-refractivity contribution is 6.84. The molecule has 4 aromatic carbocycles. The van der Waals surface area contributed by atoms with Crippen molar-refractivity contribution < 1.29 is 0 Å². The maximum atomic E-state index is 4.40. The van der Waals surface area contributed by atoms with E-state index in [1.807, 2.05) is 12.5 Å². The van der Waals surface area contributed by atoms with Gasteiger partial charge in [0.25, 0.3) is 0 Å². The maximum Gasteiger partial charge on any atom is 0.206 e. The first kappa shape index (κ1) is 28.1. The molecule has 0 aliphatic rings. The molecule has 0 saturated carbocycles. The van der Waals surface area contributed by atoms with Gasteiger partial charge in [0, 0.05) is 12.4 Å². The van der Waals surface area contributed by atoms with Gasteiger partial charge in [-0.2, -0.15) is 0 Å². The van der Waals surface area contributed by atoms with Crippen LogP contribution >= 0.6 is 0 Å². The largest absolute Gasteiger partial charge is 0.326 e. The van der Waals surface area contributed by atoms with Gasteiger partial charge in [-0.05, 0) is 17.5 Å². The highest BCUT2D eigenvalue weighted by atomic mass is 28.3. The average molecular weight is 527 g/mol. The third kappa shape index (κ3) is 6.58. The lowest BCUT2D eigenvalue weighted by atomic mass is 9.43. The van der Waals surface area contributed by atoms with E-state index in [0.29, 0.717) is 6.71 Å². The van der Waals surface area contributed by atoms with Gasteiger partial charge < -0.3 is 4.57 Å². The quantitative estimate of drug-likeness (QED) is 0.191. The molecule has 39 heavy (non-hydrogen) atoms. The zero-order valence-electron chi connectivity index (χ0n) is 23.4. The van der Waals surface area contributed by atoms with E-state index < -0.39 is 8.80 Å². The molecular formula is C35H39BN2Si. The van der Waals surface area contributed by atoms with Gasteiger partial charge in [-0.15, -0.1) is 0 Å². The summed E-state index contributed by atoms with van der Waals surface area (Å²) in [6.45, 7) is 7.26. The minimum Gasteiger partial charge on any atom is -0.326 e. The van der Waals surface area contributed by atoms with Gasteiger partial charge in [0.2, 0.25) is 6.71 Å². The summed E-state index contributed by atoms with van der Waals surface area (Å²) in [5.74, 6) is 0. The molecule has 0 aliphatic carbocycles. The van der Waals surface area contributed by atoms with Crippen molar-refractivity contribution in [3.63, 3.8) is 0 Å². The van der Waals surface area contributed by atoms with Crippen LogP contribution in [0.25, 0.3) is 0 Å². The Hall–Kier alpha value is -3.89. The molecule has 2 nitrogen and oxygen atoms in total. The number of allylic oxidation sites excluding steroid dienone is 1. The molecule has 0 bridgehead atoms. The standard InChI is InChI=1S/C22H26N2Si.C13H13B/c1-3-5-18-25(4-2)22(24-17-16-23-19-24,20-12-8-6-9-13-20)21-14-10-7-11-15-21;1-14(12-8-4-2-5-9-12)13-10-6-3-7-11-13/h5-19,25H,3-4H2,1-2H3;2-11H,1H3. The SMILES string of the molecule is CB(c1ccccc1)c1ccccc1.CCC=C[SiH](CC)C(c1ccccc1)(c1ccccc1)n1ccnc1. The van der Waals surface area contributed by atoms with Crippen LogP contribution in [-0.2, 0) is 5.16 Å². The first-order chi connectivity index (χ1) is 19.2. The molecule has 0 fully saturated rings. The first-order valence-electron chi connectivity index (χ1n) is 14.1. The van der Waals surface area contributed by atoms with Gasteiger partial charge in [-0.25, -0.2) is 4.98 Å². The highest BCUT2D eigenvalue weighted by Crippen LogP contribution is 2.38. The number of benzene rings is 4. The second kappa shape index (κ2) is 14.3. The Labute approximate surface area is 236 Å². The lowest BCUT2D eigenvalue weighted by Gasteiger charge is -2.41. The van der Waals surface area contributed by atoms with Crippen LogP contribution in [0.5, 0.6) is 0 Å². The second-order valence-corrected chi connectivity index (χ2v) is 13.1. The van der Waals surface area contributed by atoms with E-state index in [1.165, 1.54) is 28.1 Å². The van der Waals surface area contributed by atoms with Crippen LogP contribution in [-0.4, -0.2) is 25.1 Å². The minimum atomic E-state index is -1.38. The van der Waals surface area contributed by atoms with Gasteiger partial charge in [-0.1, -0.05) is 171 Å². The summed E-state index contributed by atoms with van der Waals surface area (Å²) in [5.41, 5.74) is 7.95. The Balaban J connectivity index is 0.000000212. The van der Waals surface area contributed by atoms with E-state index >= 15 is 0 Å². The van der Waals surface area contributed by atoms with E-state index in [1.54, 1.807) is 0 Å². The van der Waals surface area contributed by atoms with Gasteiger partial charge in [-0.3, -0.25) is 0 Å². The molecular weight excluding hydrogens is 487 g/mol. The van der Waals surface area contributed by atoms with E-state index in [0.717, 1.165) is 6.42 Å². The van der Waals surface area contributed by atoms with Crippen molar-refractivity contribution in [1.82, 2.24) is 9.55 Å². The van der Waals surface area contributed by atoms with Gasteiger partial charge in [0.15, 0.2) is 0 Å². The molecule has 0 amide bonds. The summed E-state index contributed by atoms with van der Waals surface area (Å²) in [6.07, 6.45) is 9.42. The van der Waals surface area contributed by atoms with Gasteiger partial charge in [0.05, 0.1) is 11.5 Å². The fourth-order valence-corrected chi connectivity index (χ4v) is 9.00. The number of hydrogen-bond donors (Lipinski definition) is 0. The van der Waals surface area contributed by atoms with Crippen molar-refractivity contribution in [2.45, 2.75) is 38.3 Å². The summed E-state index contributed by atoms with van der Waals surface area (Å²) in [5, 5.41) is -0.167. The predicted molar refractivity (Wildman–Crippen MR) is 172 cm³/mol. The van der Waals surface area contributed by atoms with E-state index in [9.17, 15) is 0 Å². The van der Waals surface area contributed by atoms with Crippen molar-refractivity contribution in [3.05, 3.63) is 163 Å². The van der Waals surface area contributed by atoms with Crippen molar-refractivity contribution in [2.24, 2.45) is 0 Å². The molecule has 0 saturated heterocycles. The molecule has 1 heterocycles. The summed E-state index contributed by atoms with van der Waals surface area (Å²) in [7, 11) is -1.38. The van der Waals surface area contributed by atoms with Crippen molar-refractivity contribution in [1.29, 1.82) is 0 Å². The fraction of sp³-hybridized carbons (Fsp3) is 0.171. The van der Waals surface area contributed by atoms with E-state index in [-0.39, 0.29) is 5.16 Å². The molecule has 0 N–H and O–H groups in total. The average Bonchev–Trinajstić information content (AvgIpc) is 3.56. The smallest absolute Gasteiger partial charge is 0.206 e. The molecule has 4 heteroatoms. The van der Waals surface area contributed by atoms with E-state index in [2.05, 4.69) is 170 Å². The third-order valence-electron chi connectivity index (χ3n) is 7.52. The number of nitrogens with zero attached hydrogens (tertiary/aromatic N) is 2. The van der Waals surface area contributed by atoms with Crippen molar-refractivity contribution in [2.75, 3.05) is 0 Å². The van der Waals surface area contributed by atoms with Crippen molar-refractivity contribution in [3.8, 4) is 0 Å². The number of aromatic nitrogens is 2. The topological polar surface area (TPSA) is 17.8 Å². The summed E-state index contributed by atoms with van der Waals surface area (Å²) >= 11 is 0. The molecule has 0 aliphatic heterocycles. The number of hydrogen-bond acceptors (Lipinski definition) is 1. The second-order valence-electron chi connectivity index (χ2n) is 9.86. The zero-order valence-corrected chi connectivity index (χ0v) is 24.6. The van der Waals surface area contributed by atoms with Crippen LogP contribution in [0.4, 0.5) is 0 Å². The zero-order chi connectivity index (χ0) is 27.3. The Morgan fingerprint density at radius 1 is 0.718 bits per heavy atom. The molecule has 5 rings (SSSR count). The van der Waals surface area contributed by atoms with Crippen LogP contribution in [0.1, 0.15) is 31.4 Å². The van der Waals surface area contributed by atoms with Gasteiger partial charge >= 0.3 is 0 Å². The summed E-state index contributed by atoms with van der Waals surface area (Å²) < 4.78 is 2.33. The minimum absolute atomic E-state index is 0.167.